The highest BCUT2D eigenvalue weighted by Gasteiger charge is 2.25. The summed E-state index contributed by atoms with van der Waals surface area (Å²) in [5.41, 5.74) is 5.73. The third-order valence-corrected chi connectivity index (χ3v) is 5.64. The number of hydrogen-bond acceptors (Lipinski definition) is 3. The van der Waals surface area contributed by atoms with E-state index in [0.717, 1.165) is 50.2 Å². The molecule has 0 radical (unpaired) electrons. The van der Waals surface area contributed by atoms with Gasteiger partial charge in [-0.05, 0) is 56.2 Å². The monoisotopic (exact) mass is 338 g/mol. The highest BCUT2D eigenvalue weighted by atomic mass is 16.1. The Morgan fingerprint density at radius 1 is 1.36 bits per heavy atom. The van der Waals surface area contributed by atoms with Crippen molar-refractivity contribution in [3.63, 3.8) is 0 Å². The molecule has 2 aromatic rings. The second-order valence-electron chi connectivity index (χ2n) is 7.28. The van der Waals surface area contributed by atoms with Gasteiger partial charge in [-0.3, -0.25) is 9.89 Å². The first kappa shape index (κ1) is 16.3. The molecular formula is C20H26N4O. The molecule has 2 aliphatic rings. The number of nitrogens with zero attached hydrogens (tertiary/aromatic N) is 2. The number of carbonyl (C=O) groups excluding carboxylic acids is 1. The van der Waals surface area contributed by atoms with Gasteiger partial charge in [0, 0.05) is 30.9 Å². The second kappa shape index (κ2) is 7.00. The highest BCUT2D eigenvalue weighted by molar-refractivity contribution is 5.94. The zero-order chi connectivity index (χ0) is 17.2. The fourth-order valence-electron chi connectivity index (χ4n) is 4.25. The topological polar surface area (TPSA) is 61.0 Å². The Labute approximate surface area is 148 Å². The van der Waals surface area contributed by atoms with Crippen LogP contribution in [0, 0.1) is 6.92 Å². The van der Waals surface area contributed by atoms with Crippen LogP contribution in [0.3, 0.4) is 0 Å². The normalized spacial score (nSPS) is 20.0. The van der Waals surface area contributed by atoms with Crippen LogP contribution < -0.4 is 5.32 Å². The Morgan fingerprint density at radius 2 is 2.24 bits per heavy atom. The molecule has 1 amide bonds. The summed E-state index contributed by atoms with van der Waals surface area (Å²) >= 11 is 0. The molecule has 2 heterocycles. The Bertz CT molecular complexity index is 767. The van der Waals surface area contributed by atoms with Crippen molar-refractivity contribution < 1.29 is 4.79 Å². The second-order valence-corrected chi connectivity index (χ2v) is 7.28. The van der Waals surface area contributed by atoms with E-state index in [-0.39, 0.29) is 5.91 Å². The summed E-state index contributed by atoms with van der Waals surface area (Å²) in [5, 5.41) is 10.3. The molecule has 1 aromatic carbocycles. The summed E-state index contributed by atoms with van der Waals surface area (Å²) in [5.74, 6) is 0.584. The SMILES string of the molecule is Cc1ccccc1C1CCN(CCNC(=O)c2n[nH]c3c2CCC3)C1. The Hall–Kier alpha value is -2.14. The maximum absolute atomic E-state index is 12.4. The molecule has 1 unspecified atom stereocenters. The zero-order valence-corrected chi connectivity index (χ0v) is 14.8. The average molecular weight is 338 g/mol. The first-order chi connectivity index (χ1) is 12.2. The number of fused-ring (bicyclic) bond motifs is 1. The van der Waals surface area contributed by atoms with Crippen LogP contribution in [0.15, 0.2) is 24.3 Å². The maximum Gasteiger partial charge on any atom is 0.272 e. The Balaban J connectivity index is 1.27. The number of amides is 1. The number of rotatable bonds is 5. The first-order valence-electron chi connectivity index (χ1n) is 9.34. The molecule has 1 aliphatic heterocycles. The number of H-pyrrole nitrogens is 1. The number of aromatic nitrogens is 2. The van der Waals surface area contributed by atoms with Crippen LogP contribution in [0.4, 0.5) is 0 Å². The van der Waals surface area contributed by atoms with Crippen molar-refractivity contribution in [1.82, 2.24) is 20.4 Å². The third kappa shape index (κ3) is 3.33. The third-order valence-electron chi connectivity index (χ3n) is 5.64. The van der Waals surface area contributed by atoms with Crippen molar-refractivity contribution in [2.75, 3.05) is 26.2 Å². The molecule has 0 spiro atoms. The van der Waals surface area contributed by atoms with E-state index in [2.05, 4.69) is 51.6 Å². The minimum Gasteiger partial charge on any atom is -0.349 e. The van der Waals surface area contributed by atoms with Gasteiger partial charge in [0.1, 0.15) is 0 Å². The summed E-state index contributed by atoms with van der Waals surface area (Å²) in [7, 11) is 0. The summed E-state index contributed by atoms with van der Waals surface area (Å²) in [4.78, 5) is 14.8. The smallest absolute Gasteiger partial charge is 0.272 e. The molecule has 1 saturated heterocycles. The van der Waals surface area contributed by atoms with Crippen molar-refractivity contribution in [2.45, 2.75) is 38.5 Å². The quantitative estimate of drug-likeness (QED) is 0.880. The van der Waals surface area contributed by atoms with Crippen LogP contribution in [0.25, 0.3) is 0 Å². The van der Waals surface area contributed by atoms with Gasteiger partial charge in [-0.15, -0.1) is 0 Å². The number of aryl methyl sites for hydroxylation is 2. The molecule has 5 heteroatoms. The molecule has 1 aliphatic carbocycles. The Kier molecular flexibility index (Phi) is 4.57. The van der Waals surface area contributed by atoms with Crippen LogP contribution in [-0.2, 0) is 12.8 Å². The van der Waals surface area contributed by atoms with E-state index in [9.17, 15) is 4.79 Å². The first-order valence-corrected chi connectivity index (χ1v) is 9.34. The van der Waals surface area contributed by atoms with E-state index >= 15 is 0 Å². The van der Waals surface area contributed by atoms with E-state index in [4.69, 9.17) is 0 Å². The van der Waals surface area contributed by atoms with Crippen molar-refractivity contribution in [3.8, 4) is 0 Å². The maximum atomic E-state index is 12.4. The number of hydrogen-bond donors (Lipinski definition) is 2. The van der Waals surface area contributed by atoms with Crippen LogP contribution in [0.1, 0.15) is 51.6 Å². The molecule has 1 aromatic heterocycles. The summed E-state index contributed by atoms with van der Waals surface area (Å²) in [6.45, 7) is 5.97. The van der Waals surface area contributed by atoms with Crippen LogP contribution in [0.2, 0.25) is 0 Å². The van der Waals surface area contributed by atoms with Crippen LogP contribution >= 0.6 is 0 Å². The molecule has 0 bridgehead atoms. The fourth-order valence-corrected chi connectivity index (χ4v) is 4.25. The van der Waals surface area contributed by atoms with E-state index in [1.807, 2.05) is 0 Å². The fraction of sp³-hybridized carbons (Fsp3) is 0.500. The minimum absolute atomic E-state index is 0.0333. The number of likely N-dealkylation sites (tertiary alicyclic amines) is 1. The Morgan fingerprint density at radius 3 is 3.12 bits per heavy atom. The van der Waals surface area contributed by atoms with Crippen LogP contribution in [0.5, 0.6) is 0 Å². The number of carbonyl (C=O) groups is 1. The molecule has 132 valence electrons. The number of nitrogens with one attached hydrogen (secondary N) is 2. The van der Waals surface area contributed by atoms with Gasteiger partial charge in [-0.2, -0.15) is 5.10 Å². The molecule has 1 atom stereocenters. The predicted molar refractivity (Wildman–Crippen MR) is 97.9 cm³/mol. The summed E-state index contributed by atoms with van der Waals surface area (Å²) in [6, 6.07) is 8.68. The van der Waals surface area contributed by atoms with Gasteiger partial charge in [0.25, 0.3) is 5.91 Å². The van der Waals surface area contributed by atoms with E-state index in [1.165, 1.54) is 17.5 Å². The molecule has 4 rings (SSSR count). The van der Waals surface area contributed by atoms with Gasteiger partial charge in [0.05, 0.1) is 0 Å². The lowest BCUT2D eigenvalue weighted by Gasteiger charge is -2.17. The van der Waals surface area contributed by atoms with E-state index in [0.29, 0.717) is 18.2 Å². The zero-order valence-electron chi connectivity index (χ0n) is 14.8. The molecule has 25 heavy (non-hydrogen) atoms. The van der Waals surface area contributed by atoms with Gasteiger partial charge in [-0.25, -0.2) is 0 Å². The lowest BCUT2D eigenvalue weighted by atomic mass is 9.94. The number of benzene rings is 1. The van der Waals surface area contributed by atoms with Crippen molar-refractivity contribution in [1.29, 1.82) is 0 Å². The highest BCUT2D eigenvalue weighted by Crippen LogP contribution is 2.29. The van der Waals surface area contributed by atoms with Gasteiger partial charge in [0.15, 0.2) is 5.69 Å². The van der Waals surface area contributed by atoms with Crippen LogP contribution in [-0.4, -0.2) is 47.2 Å². The van der Waals surface area contributed by atoms with E-state index in [1.54, 1.807) is 0 Å². The van der Waals surface area contributed by atoms with Gasteiger partial charge >= 0.3 is 0 Å². The molecule has 2 N–H and O–H groups in total. The van der Waals surface area contributed by atoms with Crippen molar-refractivity contribution in [2.24, 2.45) is 0 Å². The van der Waals surface area contributed by atoms with Gasteiger partial charge in [-0.1, -0.05) is 24.3 Å². The van der Waals surface area contributed by atoms with Crippen molar-refractivity contribution in [3.05, 3.63) is 52.3 Å². The summed E-state index contributed by atoms with van der Waals surface area (Å²) in [6.07, 6.45) is 4.31. The lowest BCUT2D eigenvalue weighted by molar-refractivity contribution is 0.0944. The largest absolute Gasteiger partial charge is 0.349 e. The van der Waals surface area contributed by atoms with Crippen molar-refractivity contribution >= 4 is 5.91 Å². The minimum atomic E-state index is -0.0333. The van der Waals surface area contributed by atoms with Gasteiger partial charge < -0.3 is 10.2 Å². The predicted octanol–water partition coefficient (Wildman–Crippen LogP) is 2.43. The molecule has 1 fully saturated rings. The average Bonchev–Trinajstić information content (AvgIpc) is 3.31. The molecular weight excluding hydrogens is 312 g/mol. The van der Waals surface area contributed by atoms with E-state index < -0.39 is 0 Å². The number of aromatic amines is 1. The molecule has 5 nitrogen and oxygen atoms in total. The summed E-state index contributed by atoms with van der Waals surface area (Å²) < 4.78 is 0. The molecule has 0 saturated carbocycles. The standard InChI is InChI=1S/C20H26N4O/c1-14-5-2-3-6-16(14)15-9-11-24(13-15)12-10-21-20(25)19-17-7-4-8-18(17)22-23-19/h2-3,5-6,15H,4,7-13H2,1H3,(H,21,25)(H,22,23). The lowest BCUT2D eigenvalue weighted by Crippen LogP contribution is -2.34. The van der Waals surface area contributed by atoms with Gasteiger partial charge in [0.2, 0.25) is 0 Å².